The van der Waals surface area contributed by atoms with Crippen molar-refractivity contribution in [3.8, 4) is 5.75 Å². The number of carbonyl (C=O) groups is 1. The molecule has 1 fully saturated rings. The molecule has 1 aromatic carbocycles. The van der Waals surface area contributed by atoms with Crippen molar-refractivity contribution in [3.63, 3.8) is 0 Å². The first-order valence-electron chi connectivity index (χ1n) is 7.37. The van der Waals surface area contributed by atoms with Gasteiger partial charge in [0.15, 0.2) is 0 Å². The Morgan fingerprint density at radius 1 is 1.35 bits per heavy atom. The molecular formula is C16H23NO3. The minimum atomic E-state index is -0.837. The molecule has 1 aliphatic carbocycles. The van der Waals surface area contributed by atoms with E-state index in [0.717, 1.165) is 24.2 Å². The summed E-state index contributed by atoms with van der Waals surface area (Å²) in [4.78, 5) is 10.8. The molecule has 4 heteroatoms. The third kappa shape index (κ3) is 4.23. The van der Waals surface area contributed by atoms with Gasteiger partial charge in [0.1, 0.15) is 11.8 Å². The Hall–Kier alpha value is -1.55. The van der Waals surface area contributed by atoms with E-state index in [0.29, 0.717) is 12.6 Å². The zero-order valence-electron chi connectivity index (χ0n) is 12.0. The first-order chi connectivity index (χ1) is 9.66. The lowest BCUT2D eigenvalue weighted by molar-refractivity contribution is -0.139. The average Bonchev–Trinajstić information content (AvgIpc) is 2.47. The Kier molecular flexibility index (Phi) is 5.41. The van der Waals surface area contributed by atoms with Crippen molar-refractivity contribution in [1.29, 1.82) is 0 Å². The van der Waals surface area contributed by atoms with E-state index in [9.17, 15) is 4.79 Å². The number of ether oxygens (including phenoxy) is 1. The van der Waals surface area contributed by atoms with Crippen molar-refractivity contribution in [2.45, 2.75) is 57.7 Å². The largest absolute Gasteiger partial charge is 0.490 e. The SMILES string of the molecule is C[C@@H](NCc1ccccc1OC1CCCCC1)C(=O)O. The minimum Gasteiger partial charge on any atom is -0.490 e. The molecule has 1 aromatic rings. The summed E-state index contributed by atoms with van der Waals surface area (Å²) >= 11 is 0. The first-order valence-corrected chi connectivity index (χ1v) is 7.37. The zero-order valence-corrected chi connectivity index (χ0v) is 12.0. The van der Waals surface area contributed by atoms with Crippen LogP contribution in [-0.2, 0) is 11.3 Å². The van der Waals surface area contributed by atoms with E-state index in [1.165, 1.54) is 19.3 Å². The monoisotopic (exact) mass is 277 g/mol. The fourth-order valence-electron chi connectivity index (χ4n) is 2.48. The van der Waals surface area contributed by atoms with Gasteiger partial charge in [0.05, 0.1) is 6.10 Å². The Morgan fingerprint density at radius 2 is 2.05 bits per heavy atom. The zero-order chi connectivity index (χ0) is 14.4. The quantitative estimate of drug-likeness (QED) is 0.839. The Bertz CT molecular complexity index is 441. The van der Waals surface area contributed by atoms with Crippen molar-refractivity contribution in [2.75, 3.05) is 0 Å². The molecule has 20 heavy (non-hydrogen) atoms. The van der Waals surface area contributed by atoms with Crippen molar-refractivity contribution in [3.05, 3.63) is 29.8 Å². The lowest BCUT2D eigenvalue weighted by Gasteiger charge is -2.24. The van der Waals surface area contributed by atoms with E-state index in [1.807, 2.05) is 24.3 Å². The highest BCUT2D eigenvalue weighted by Crippen LogP contribution is 2.25. The van der Waals surface area contributed by atoms with Crippen LogP contribution in [0.25, 0.3) is 0 Å². The van der Waals surface area contributed by atoms with Gasteiger partial charge >= 0.3 is 5.97 Å². The van der Waals surface area contributed by atoms with Crippen molar-refractivity contribution in [1.82, 2.24) is 5.32 Å². The lowest BCUT2D eigenvalue weighted by Crippen LogP contribution is -2.33. The predicted octanol–water partition coefficient (Wildman–Crippen LogP) is 2.96. The summed E-state index contributed by atoms with van der Waals surface area (Å²) in [7, 11) is 0. The Morgan fingerprint density at radius 3 is 2.75 bits per heavy atom. The molecule has 0 heterocycles. The molecule has 4 nitrogen and oxygen atoms in total. The van der Waals surface area contributed by atoms with Crippen LogP contribution in [0.3, 0.4) is 0 Å². The molecule has 0 saturated heterocycles. The van der Waals surface area contributed by atoms with Gasteiger partial charge < -0.3 is 15.2 Å². The molecule has 0 bridgehead atoms. The number of benzene rings is 1. The molecule has 1 saturated carbocycles. The number of carboxylic acids is 1. The molecule has 110 valence electrons. The van der Waals surface area contributed by atoms with Crippen LogP contribution in [-0.4, -0.2) is 23.2 Å². The molecule has 2 N–H and O–H groups in total. The van der Waals surface area contributed by atoms with Gasteiger partial charge in [0.2, 0.25) is 0 Å². The van der Waals surface area contributed by atoms with E-state index in [-0.39, 0.29) is 0 Å². The number of hydrogen-bond donors (Lipinski definition) is 2. The topological polar surface area (TPSA) is 58.6 Å². The summed E-state index contributed by atoms with van der Waals surface area (Å²) in [5.74, 6) is 0.0418. The molecule has 0 unspecified atom stereocenters. The van der Waals surface area contributed by atoms with Crippen LogP contribution < -0.4 is 10.1 Å². The van der Waals surface area contributed by atoms with E-state index in [2.05, 4.69) is 5.32 Å². The Labute approximate surface area is 120 Å². The Balaban J connectivity index is 1.96. The van der Waals surface area contributed by atoms with Gasteiger partial charge in [0, 0.05) is 12.1 Å². The summed E-state index contributed by atoms with van der Waals surface area (Å²) in [5.41, 5.74) is 1.02. The highest BCUT2D eigenvalue weighted by atomic mass is 16.5. The summed E-state index contributed by atoms with van der Waals surface area (Å²) in [6.07, 6.45) is 6.32. The number of para-hydroxylation sites is 1. The fraction of sp³-hybridized carbons (Fsp3) is 0.562. The van der Waals surface area contributed by atoms with Crippen LogP contribution in [0.1, 0.15) is 44.6 Å². The van der Waals surface area contributed by atoms with E-state index in [1.54, 1.807) is 6.92 Å². The van der Waals surface area contributed by atoms with Crippen LogP contribution in [0, 0.1) is 0 Å². The van der Waals surface area contributed by atoms with Crippen LogP contribution >= 0.6 is 0 Å². The summed E-state index contributed by atoms with van der Waals surface area (Å²) in [6.45, 7) is 2.16. The van der Waals surface area contributed by atoms with Gasteiger partial charge in [-0.05, 0) is 38.7 Å². The molecule has 0 amide bonds. The van der Waals surface area contributed by atoms with E-state index >= 15 is 0 Å². The second-order valence-electron chi connectivity index (χ2n) is 5.43. The predicted molar refractivity (Wildman–Crippen MR) is 77.9 cm³/mol. The summed E-state index contributed by atoms with van der Waals surface area (Å²) in [6, 6.07) is 7.31. The summed E-state index contributed by atoms with van der Waals surface area (Å²) in [5, 5.41) is 11.9. The molecule has 0 spiro atoms. The lowest BCUT2D eigenvalue weighted by atomic mass is 9.97. The second-order valence-corrected chi connectivity index (χ2v) is 5.43. The van der Waals surface area contributed by atoms with Crippen molar-refractivity contribution < 1.29 is 14.6 Å². The molecular weight excluding hydrogens is 254 g/mol. The number of nitrogens with one attached hydrogen (secondary N) is 1. The van der Waals surface area contributed by atoms with Crippen LogP contribution in [0.2, 0.25) is 0 Å². The van der Waals surface area contributed by atoms with Gasteiger partial charge in [-0.25, -0.2) is 0 Å². The van der Waals surface area contributed by atoms with Crippen LogP contribution in [0.4, 0.5) is 0 Å². The van der Waals surface area contributed by atoms with Crippen LogP contribution in [0.15, 0.2) is 24.3 Å². The number of rotatable bonds is 6. The average molecular weight is 277 g/mol. The van der Waals surface area contributed by atoms with E-state index in [4.69, 9.17) is 9.84 Å². The van der Waals surface area contributed by atoms with Crippen molar-refractivity contribution >= 4 is 5.97 Å². The van der Waals surface area contributed by atoms with E-state index < -0.39 is 12.0 Å². The maximum absolute atomic E-state index is 10.8. The molecule has 1 aliphatic rings. The number of hydrogen-bond acceptors (Lipinski definition) is 3. The molecule has 1 atom stereocenters. The smallest absolute Gasteiger partial charge is 0.320 e. The van der Waals surface area contributed by atoms with Crippen molar-refractivity contribution in [2.24, 2.45) is 0 Å². The van der Waals surface area contributed by atoms with Gasteiger partial charge in [-0.3, -0.25) is 4.79 Å². The van der Waals surface area contributed by atoms with Gasteiger partial charge in [0.25, 0.3) is 0 Å². The molecule has 0 aromatic heterocycles. The van der Waals surface area contributed by atoms with Crippen LogP contribution in [0.5, 0.6) is 5.75 Å². The number of carboxylic acid groups (broad SMARTS) is 1. The summed E-state index contributed by atoms with van der Waals surface area (Å²) < 4.78 is 6.09. The maximum atomic E-state index is 10.8. The normalized spacial score (nSPS) is 17.6. The standard InChI is InChI=1S/C16H23NO3/c1-12(16(18)19)17-11-13-7-5-6-10-15(13)20-14-8-3-2-4-9-14/h5-7,10,12,14,17H,2-4,8-9,11H2,1H3,(H,18,19)/t12-/m1/s1. The third-order valence-corrected chi connectivity index (χ3v) is 3.79. The first kappa shape index (κ1) is 14.9. The molecule has 2 rings (SSSR count). The maximum Gasteiger partial charge on any atom is 0.320 e. The fourth-order valence-corrected chi connectivity index (χ4v) is 2.48. The van der Waals surface area contributed by atoms with Gasteiger partial charge in [-0.1, -0.05) is 24.6 Å². The minimum absolute atomic E-state index is 0.307. The molecule has 0 radical (unpaired) electrons. The number of aliphatic carboxylic acids is 1. The highest BCUT2D eigenvalue weighted by Gasteiger charge is 2.17. The van der Waals surface area contributed by atoms with Gasteiger partial charge in [-0.15, -0.1) is 0 Å². The highest BCUT2D eigenvalue weighted by molar-refractivity contribution is 5.72. The van der Waals surface area contributed by atoms with Gasteiger partial charge in [-0.2, -0.15) is 0 Å². The third-order valence-electron chi connectivity index (χ3n) is 3.79. The second kappa shape index (κ2) is 7.29. The molecule has 0 aliphatic heterocycles.